The van der Waals surface area contributed by atoms with E-state index in [1.54, 1.807) is 0 Å². The molecule has 7 aromatic rings. The van der Waals surface area contributed by atoms with Gasteiger partial charge in [0.25, 0.3) is 0 Å². The average molecular weight is 680 g/mol. The van der Waals surface area contributed by atoms with Crippen LogP contribution in [0, 0.1) is 18.8 Å². The zero-order valence-corrected chi connectivity index (χ0v) is 32.2. The molecular weight excluding hydrogens is 627 g/mol. The molecule has 0 amide bonds. The van der Waals surface area contributed by atoms with E-state index in [2.05, 4.69) is 176 Å². The number of aryl methyl sites for hydroxylation is 2. The Morgan fingerprint density at radius 1 is 0.596 bits per heavy atom. The molecule has 0 fully saturated rings. The Labute approximate surface area is 312 Å². The first-order valence-corrected chi connectivity index (χ1v) is 18.6. The topological polar surface area (TPSA) is 4.93 Å². The second kappa shape index (κ2) is 20.1. The highest BCUT2D eigenvalue weighted by atomic mass is 14.9. The summed E-state index contributed by atoms with van der Waals surface area (Å²) < 4.78 is 2.08. The maximum Gasteiger partial charge on any atom is 0.0276 e. The van der Waals surface area contributed by atoms with Crippen LogP contribution in [0.3, 0.4) is 0 Å². The van der Waals surface area contributed by atoms with E-state index in [0.717, 1.165) is 6.42 Å². The molecule has 0 spiro atoms. The van der Waals surface area contributed by atoms with E-state index in [4.69, 9.17) is 0 Å². The van der Waals surface area contributed by atoms with Crippen LogP contribution in [0.4, 0.5) is 0 Å². The molecule has 0 bridgehead atoms. The van der Waals surface area contributed by atoms with Crippen molar-refractivity contribution in [2.45, 2.75) is 54.9 Å². The molecule has 1 heterocycles. The first-order chi connectivity index (χ1) is 25.5. The minimum Gasteiger partial charge on any atom is -0.355 e. The van der Waals surface area contributed by atoms with Crippen molar-refractivity contribution in [1.82, 2.24) is 4.57 Å². The summed E-state index contributed by atoms with van der Waals surface area (Å²) in [5, 5.41) is 7.88. The van der Waals surface area contributed by atoms with E-state index in [1.807, 2.05) is 60.0 Å². The third-order valence-corrected chi connectivity index (χ3v) is 9.01. The van der Waals surface area contributed by atoms with Crippen molar-refractivity contribution in [3.8, 4) is 34.1 Å². The largest absolute Gasteiger partial charge is 0.355 e. The van der Waals surface area contributed by atoms with Crippen molar-refractivity contribution in [2.75, 3.05) is 0 Å². The van der Waals surface area contributed by atoms with Crippen molar-refractivity contribution < 1.29 is 0 Å². The molecule has 1 aromatic heterocycles. The van der Waals surface area contributed by atoms with E-state index in [1.165, 1.54) is 71.4 Å². The van der Waals surface area contributed by atoms with Gasteiger partial charge in [0.15, 0.2) is 0 Å². The van der Waals surface area contributed by atoms with Gasteiger partial charge >= 0.3 is 0 Å². The predicted molar refractivity (Wildman–Crippen MR) is 232 cm³/mol. The van der Waals surface area contributed by atoms with Gasteiger partial charge < -0.3 is 4.57 Å². The SMILES string of the molecule is C/C=C(\C)C1=CC#CCC=C1.CC.CC.Cc1cccn1C.c1ccc(-c2ccccc2-c2ccc3c4ccccc4c4ccccc4c3c2)cc1. The summed E-state index contributed by atoms with van der Waals surface area (Å²) >= 11 is 0. The Kier molecular flexibility index (Phi) is 15.1. The minimum atomic E-state index is 0.872. The summed E-state index contributed by atoms with van der Waals surface area (Å²) in [7, 11) is 2.04. The Hall–Kier alpha value is -5.84. The number of hydrogen-bond acceptors (Lipinski definition) is 0. The molecule has 52 heavy (non-hydrogen) atoms. The fourth-order valence-electron chi connectivity index (χ4n) is 6.12. The van der Waals surface area contributed by atoms with Gasteiger partial charge in [-0.25, -0.2) is 0 Å². The molecule has 0 aliphatic heterocycles. The summed E-state index contributed by atoms with van der Waals surface area (Å²) in [4.78, 5) is 0. The highest BCUT2D eigenvalue weighted by Crippen LogP contribution is 2.39. The molecule has 6 aromatic carbocycles. The van der Waals surface area contributed by atoms with Gasteiger partial charge in [-0.1, -0.05) is 173 Å². The highest BCUT2D eigenvalue weighted by Gasteiger charge is 2.11. The van der Waals surface area contributed by atoms with Gasteiger partial charge in [-0.3, -0.25) is 0 Å². The number of allylic oxidation sites excluding steroid dienone is 6. The van der Waals surface area contributed by atoms with E-state index >= 15 is 0 Å². The molecular formula is C51H53N. The maximum atomic E-state index is 3.02. The molecule has 1 aliphatic rings. The Balaban J connectivity index is 0.000000226. The fraction of sp³-hybridized carbons (Fsp3) is 0.176. The second-order valence-electron chi connectivity index (χ2n) is 12.0. The number of nitrogens with zero attached hydrogens (tertiary/aromatic N) is 1. The molecule has 0 unspecified atom stereocenters. The van der Waals surface area contributed by atoms with Crippen molar-refractivity contribution in [1.29, 1.82) is 0 Å². The highest BCUT2D eigenvalue weighted by molar-refractivity contribution is 6.25. The lowest BCUT2D eigenvalue weighted by atomic mass is 9.90. The van der Waals surface area contributed by atoms with Crippen molar-refractivity contribution in [2.24, 2.45) is 7.05 Å². The molecule has 0 saturated carbocycles. The summed E-state index contributed by atoms with van der Waals surface area (Å²) in [5.74, 6) is 6.01. The van der Waals surface area contributed by atoms with Crippen LogP contribution in [-0.4, -0.2) is 4.57 Å². The van der Waals surface area contributed by atoms with Gasteiger partial charge in [-0.05, 0) is 111 Å². The van der Waals surface area contributed by atoms with Crippen LogP contribution in [0.1, 0.15) is 53.7 Å². The Morgan fingerprint density at radius 2 is 1.12 bits per heavy atom. The zero-order valence-electron chi connectivity index (χ0n) is 32.2. The summed E-state index contributed by atoms with van der Waals surface area (Å²) in [6.45, 7) is 14.2. The third-order valence-electron chi connectivity index (χ3n) is 9.01. The summed E-state index contributed by atoms with van der Waals surface area (Å²) in [5.41, 5.74) is 8.86. The summed E-state index contributed by atoms with van der Waals surface area (Å²) in [6, 6.07) is 47.9. The molecule has 0 N–H and O–H groups in total. The molecule has 262 valence electrons. The van der Waals surface area contributed by atoms with Gasteiger partial charge in [-0.2, -0.15) is 0 Å². The second-order valence-corrected chi connectivity index (χ2v) is 12.0. The lowest BCUT2D eigenvalue weighted by Crippen LogP contribution is -1.87. The Bertz CT molecular complexity index is 2300. The van der Waals surface area contributed by atoms with Gasteiger partial charge in [0.2, 0.25) is 0 Å². The fourth-order valence-corrected chi connectivity index (χ4v) is 6.12. The lowest BCUT2D eigenvalue weighted by molar-refractivity contribution is 0.882. The van der Waals surface area contributed by atoms with Crippen LogP contribution >= 0.6 is 0 Å². The van der Waals surface area contributed by atoms with Gasteiger partial charge in [0, 0.05) is 25.4 Å². The molecule has 0 atom stereocenters. The first kappa shape index (κ1) is 39.0. The lowest BCUT2D eigenvalue weighted by Gasteiger charge is -2.14. The minimum absolute atomic E-state index is 0.872. The number of benzene rings is 6. The van der Waals surface area contributed by atoms with E-state index in [9.17, 15) is 0 Å². The van der Waals surface area contributed by atoms with Gasteiger partial charge in [0.1, 0.15) is 0 Å². The summed E-state index contributed by atoms with van der Waals surface area (Å²) in [6.07, 6.45) is 11.2. The van der Waals surface area contributed by atoms with Crippen LogP contribution in [0.15, 0.2) is 175 Å². The number of hydrogen-bond donors (Lipinski definition) is 0. The molecule has 8 rings (SSSR count). The van der Waals surface area contributed by atoms with Gasteiger partial charge in [-0.15, -0.1) is 0 Å². The molecule has 0 radical (unpaired) electrons. The molecule has 1 heteroatoms. The number of fused-ring (bicyclic) bond motifs is 6. The monoisotopic (exact) mass is 679 g/mol. The Morgan fingerprint density at radius 3 is 1.63 bits per heavy atom. The van der Waals surface area contributed by atoms with Gasteiger partial charge in [0.05, 0.1) is 0 Å². The maximum absolute atomic E-state index is 3.02. The van der Waals surface area contributed by atoms with Crippen molar-refractivity contribution in [3.63, 3.8) is 0 Å². The molecule has 1 aliphatic carbocycles. The van der Waals surface area contributed by atoms with E-state index < -0.39 is 0 Å². The molecule has 1 nitrogen and oxygen atoms in total. The van der Waals surface area contributed by atoms with Crippen LogP contribution in [0.5, 0.6) is 0 Å². The number of aromatic nitrogens is 1. The number of rotatable bonds is 3. The third kappa shape index (κ3) is 9.48. The van der Waals surface area contributed by atoms with E-state index in [0.29, 0.717) is 0 Å². The van der Waals surface area contributed by atoms with Crippen LogP contribution in [0.2, 0.25) is 0 Å². The van der Waals surface area contributed by atoms with Crippen molar-refractivity contribution in [3.05, 3.63) is 181 Å². The van der Waals surface area contributed by atoms with Crippen LogP contribution in [0.25, 0.3) is 54.6 Å². The zero-order chi connectivity index (χ0) is 37.3. The normalized spacial score (nSPS) is 11.5. The van der Waals surface area contributed by atoms with Crippen LogP contribution in [-0.2, 0) is 7.05 Å². The van der Waals surface area contributed by atoms with Crippen molar-refractivity contribution >= 4 is 32.3 Å². The van der Waals surface area contributed by atoms with Crippen LogP contribution < -0.4 is 0 Å². The predicted octanol–water partition coefficient (Wildman–Crippen LogP) is 14.7. The smallest absolute Gasteiger partial charge is 0.0276 e. The van der Waals surface area contributed by atoms with E-state index in [-0.39, 0.29) is 0 Å². The first-order valence-electron chi connectivity index (χ1n) is 18.6. The molecule has 0 saturated heterocycles. The standard InChI is InChI=1S/C30H20.C11H12.C6H9N.2C2H6/c1-2-10-21(11-3-1)23-12-4-5-13-24(23)22-18-19-29-27-16-7-6-14-25(27)26-15-8-9-17-28(26)30(29)20-22;1-3-10(2)11-8-6-4-5-7-9-11;1-6-4-3-5-7(6)2;2*1-2/h1-20H;3,6,8-9H,4H2,1-2H3;3-5H,1-2H3;2*1-2H3/b;10-3+;;;. The quantitative estimate of drug-likeness (QED) is 0.129. The average Bonchev–Trinajstić information content (AvgIpc) is 3.41.